The van der Waals surface area contributed by atoms with Crippen molar-refractivity contribution in [2.75, 3.05) is 18.4 Å². The molecule has 2 aromatic rings. The summed E-state index contributed by atoms with van der Waals surface area (Å²) in [5.74, 6) is -0.346. The summed E-state index contributed by atoms with van der Waals surface area (Å²) < 4.78 is 5.15. The fourth-order valence-corrected chi connectivity index (χ4v) is 2.36. The van der Waals surface area contributed by atoms with Gasteiger partial charge in [0.15, 0.2) is 0 Å². The summed E-state index contributed by atoms with van der Waals surface area (Å²) in [7, 11) is 0. The zero-order valence-corrected chi connectivity index (χ0v) is 14.2. The molecule has 0 radical (unpaired) electrons. The molecule has 0 atom stereocenters. The van der Waals surface area contributed by atoms with Crippen molar-refractivity contribution >= 4 is 23.4 Å². The number of furan rings is 1. The summed E-state index contributed by atoms with van der Waals surface area (Å²) in [4.78, 5) is 37.1. The molecule has 0 unspecified atom stereocenters. The van der Waals surface area contributed by atoms with Gasteiger partial charge in [-0.15, -0.1) is 0 Å². The van der Waals surface area contributed by atoms with Crippen LogP contribution in [-0.4, -0.2) is 35.7 Å². The molecule has 0 spiro atoms. The van der Waals surface area contributed by atoms with E-state index in [1.165, 1.54) is 6.26 Å². The van der Waals surface area contributed by atoms with E-state index in [2.05, 4.69) is 5.32 Å². The standard InChI is InChI=1S/C18H21N3O4/c1-3-21(18(24)15-9-11-25-12(15)2)10-8-16(22)20-14-6-4-13(5-7-14)17(19)23/h4-7,9,11H,3,8,10H2,1-2H3,(H2,19,23)(H,20,22). The monoisotopic (exact) mass is 343 g/mol. The Morgan fingerprint density at radius 3 is 2.36 bits per heavy atom. The van der Waals surface area contributed by atoms with E-state index in [0.717, 1.165) is 0 Å². The van der Waals surface area contributed by atoms with Crippen LogP contribution in [0.25, 0.3) is 0 Å². The van der Waals surface area contributed by atoms with Crippen molar-refractivity contribution in [3.8, 4) is 0 Å². The summed E-state index contributed by atoms with van der Waals surface area (Å²) in [5.41, 5.74) is 6.61. The fourth-order valence-electron chi connectivity index (χ4n) is 2.36. The van der Waals surface area contributed by atoms with Gasteiger partial charge in [0.05, 0.1) is 11.8 Å². The molecule has 3 amide bonds. The van der Waals surface area contributed by atoms with Crippen LogP contribution in [0.5, 0.6) is 0 Å². The van der Waals surface area contributed by atoms with E-state index in [4.69, 9.17) is 10.2 Å². The van der Waals surface area contributed by atoms with Crippen LogP contribution in [0.15, 0.2) is 41.0 Å². The number of benzene rings is 1. The predicted octanol–water partition coefficient (Wildman–Crippen LogP) is 2.18. The smallest absolute Gasteiger partial charge is 0.257 e. The number of anilines is 1. The van der Waals surface area contributed by atoms with Crippen molar-refractivity contribution in [2.24, 2.45) is 5.73 Å². The van der Waals surface area contributed by atoms with Crippen molar-refractivity contribution in [2.45, 2.75) is 20.3 Å². The molecule has 1 aromatic heterocycles. The van der Waals surface area contributed by atoms with Crippen LogP contribution in [0.2, 0.25) is 0 Å². The second-order valence-corrected chi connectivity index (χ2v) is 5.52. The van der Waals surface area contributed by atoms with Crippen molar-refractivity contribution in [3.63, 3.8) is 0 Å². The van der Waals surface area contributed by atoms with E-state index in [-0.39, 0.29) is 18.2 Å². The summed E-state index contributed by atoms with van der Waals surface area (Å²) in [6, 6.07) is 7.93. The molecule has 0 aliphatic rings. The SMILES string of the molecule is CCN(CCC(=O)Nc1ccc(C(N)=O)cc1)C(=O)c1ccoc1C. The molecular formula is C18H21N3O4. The van der Waals surface area contributed by atoms with E-state index >= 15 is 0 Å². The minimum absolute atomic E-state index is 0.160. The lowest BCUT2D eigenvalue weighted by Gasteiger charge is -2.20. The van der Waals surface area contributed by atoms with Crippen LogP contribution < -0.4 is 11.1 Å². The molecule has 0 aliphatic heterocycles. The minimum Gasteiger partial charge on any atom is -0.469 e. The average Bonchev–Trinajstić information content (AvgIpc) is 3.01. The second-order valence-electron chi connectivity index (χ2n) is 5.52. The van der Waals surface area contributed by atoms with Gasteiger partial charge in [0.1, 0.15) is 5.76 Å². The molecule has 25 heavy (non-hydrogen) atoms. The first-order valence-electron chi connectivity index (χ1n) is 7.95. The van der Waals surface area contributed by atoms with Gasteiger partial charge in [0.25, 0.3) is 5.91 Å². The molecule has 0 bridgehead atoms. The third-order valence-corrected chi connectivity index (χ3v) is 3.82. The first-order chi connectivity index (χ1) is 11.9. The van der Waals surface area contributed by atoms with Crippen molar-refractivity contribution < 1.29 is 18.8 Å². The highest BCUT2D eigenvalue weighted by Crippen LogP contribution is 2.13. The third kappa shape index (κ3) is 4.69. The third-order valence-electron chi connectivity index (χ3n) is 3.82. The molecule has 0 saturated carbocycles. The van der Waals surface area contributed by atoms with Gasteiger partial charge in [-0.3, -0.25) is 14.4 Å². The maximum atomic E-state index is 12.4. The lowest BCUT2D eigenvalue weighted by atomic mass is 10.2. The molecule has 0 saturated heterocycles. The largest absolute Gasteiger partial charge is 0.469 e. The summed E-state index contributed by atoms with van der Waals surface area (Å²) >= 11 is 0. The zero-order chi connectivity index (χ0) is 18.4. The van der Waals surface area contributed by atoms with Crippen LogP contribution in [0, 0.1) is 6.92 Å². The highest BCUT2D eigenvalue weighted by molar-refractivity contribution is 5.96. The highest BCUT2D eigenvalue weighted by atomic mass is 16.3. The number of carbonyl (C=O) groups is 3. The minimum atomic E-state index is -0.524. The Morgan fingerprint density at radius 2 is 1.84 bits per heavy atom. The van der Waals surface area contributed by atoms with E-state index in [1.807, 2.05) is 6.92 Å². The van der Waals surface area contributed by atoms with Gasteiger partial charge >= 0.3 is 0 Å². The van der Waals surface area contributed by atoms with Crippen molar-refractivity contribution in [3.05, 3.63) is 53.5 Å². The highest BCUT2D eigenvalue weighted by Gasteiger charge is 2.18. The Kier molecular flexibility index (Phi) is 5.94. The number of primary amides is 1. The maximum absolute atomic E-state index is 12.4. The molecule has 1 heterocycles. The molecule has 7 nitrogen and oxygen atoms in total. The fraction of sp³-hybridized carbons (Fsp3) is 0.278. The van der Waals surface area contributed by atoms with E-state index in [1.54, 1.807) is 42.2 Å². The van der Waals surface area contributed by atoms with Gasteiger partial charge in [-0.25, -0.2) is 0 Å². The van der Waals surface area contributed by atoms with Crippen LogP contribution >= 0.6 is 0 Å². The first-order valence-corrected chi connectivity index (χ1v) is 7.95. The van der Waals surface area contributed by atoms with Gasteiger partial charge in [0.2, 0.25) is 11.8 Å². The van der Waals surface area contributed by atoms with Gasteiger partial charge in [0, 0.05) is 30.8 Å². The molecule has 2 rings (SSSR count). The van der Waals surface area contributed by atoms with E-state index in [9.17, 15) is 14.4 Å². The molecule has 3 N–H and O–H groups in total. The van der Waals surface area contributed by atoms with E-state index in [0.29, 0.717) is 35.7 Å². The number of hydrogen-bond donors (Lipinski definition) is 2. The maximum Gasteiger partial charge on any atom is 0.257 e. The van der Waals surface area contributed by atoms with Gasteiger partial charge in [-0.1, -0.05) is 0 Å². The Labute approximate surface area is 145 Å². The Morgan fingerprint density at radius 1 is 1.16 bits per heavy atom. The molecular weight excluding hydrogens is 322 g/mol. The predicted molar refractivity (Wildman–Crippen MR) is 93.2 cm³/mol. The number of nitrogens with zero attached hydrogens (tertiary/aromatic N) is 1. The summed E-state index contributed by atoms with van der Waals surface area (Å²) in [6.07, 6.45) is 1.63. The quantitative estimate of drug-likeness (QED) is 0.803. The first kappa shape index (κ1) is 18.3. The zero-order valence-electron chi connectivity index (χ0n) is 14.2. The number of rotatable bonds is 7. The number of amides is 3. The lowest BCUT2D eigenvalue weighted by molar-refractivity contribution is -0.116. The Balaban J connectivity index is 1.90. The average molecular weight is 343 g/mol. The summed E-state index contributed by atoms with van der Waals surface area (Å²) in [6.45, 7) is 4.37. The van der Waals surface area contributed by atoms with Crippen molar-refractivity contribution in [1.29, 1.82) is 0 Å². The molecule has 132 valence electrons. The van der Waals surface area contributed by atoms with Gasteiger partial charge < -0.3 is 20.4 Å². The van der Waals surface area contributed by atoms with Crippen LogP contribution in [-0.2, 0) is 4.79 Å². The number of aryl methyl sites for hydroxylation is 1. The van der Waals surface area contributed by atoms with Crippen LogP contribution in [0.4, 0.5) is 5.69 Å². The van der Waals surface area contributed by atoms with Crippen LogP contribution in [0.1, 0.15) is 39.8 Å². The normalized spacial score (nSPS) is 10.3. The molecule has 7 heteroatoms. The Hall–Kier alpha value is -3.09. The molecule has 0 aliphatic carbocycles. The van der Waals surface area contributed by atoms with Gasteiger partial charge in [-0.2, -0.15) is 0 Å². The van der Waals surface area contributed by atoms with Crippen LogP contribution in [0.3, 0.4) is 0 Å². The van der Waals surface area contributed by atoms with E-state index < -0.39 is 5.91 Å². The van der Waals surface area contributed by atoms with Crippen molar-refractivity contribution in [1.82, 2.24) is 4.90 Å². The number of carbonyl (C=O) groups excluding carboxylic acids is 3. The molecule has 1 aromatic carbocycles. The molecule has 0 fully saturated rings. The number of hydrogen-bond acceptors (Lipinski definition) is 4. The second kappa shape index (κ2) is 8.14. The lowest BCUT2D eigenvalue weighted by Crippen LogP contribution is -2.33. The number of nitrogens with one attached hydrogen (secondary N) is 1. The van der Waals surface area contributed by atoms with Gasteiger partial charge in [-0.05, 0) is 44.2 Å². The topological polar surface area (TPSA) is 106 Å². The number of nitrogens with two attached hydrogens (primary N) is 1. The summed E-state index contributed by atoms with van der Waals surface area (Å²) in [5, 5.41) is 2.73. The Bertz CT molecular complexity index is 765.